The Morgan fingerprint density at radius 2 is 1.48 bits per heavy atom. The summed E-state index contributed by atoms with van der Waals surface area (Å²) in [5.41, 5.74) is 2.04. The minimum Gasteiger partial charge on any atom is -0.490 e. The topological polar surface area (TPSA) is 41.9 Å². The summed E-state index contributed by atoms with van der Waals surface area (Å²) in [5, 5.41) is 10.8. The van der Waals surface area contributed by atoms with Gasteiger partial charge in [-0.1, -0.05) is 42.5 Å². The number of β-amino-alcohol motifs (C(OH)–C–C–N with tert-alkyl or cyclic N) is 1. The zero-order valence-corrected chi connectivity index (χ0v) is 18.6. The predicted octanol–water partition coefficient (Wildman–Crippen LogP) is 5.23. The molecule has 1 heterocycles. The summed E-state index contributed by atoms with van der Waals surface area (Å²) in [5.74, 6) is 2.49. The summed E-state index contributed by atoms with van der Waals surface area (Å²) < 4.78 is 25.0. The average Bonchev–Trinajstić information content (AvgIpc) is 3.38. The van der Waals surface area contributed by atoms with E-state index in [9.17, 15) is 9.50 Å². The Labute approximate surface area is 194 Å². The standard InChI is InChI=1S/C28H30FNO3/c29-24-8-12-26(13-9-24)33-27-14-22-16-30(17-23(22)15-27)18-28(31)21-6-10-25(11-7-21)32-19-20-4-2-1-3-5-20/h1-13,22-23,27-28,31H,14-19H2/t22-,23+,27?,28?. The zero-order chi connectivity index (χ0) is 22.6. The second kappa shape index (κ2) is 9.94. The van der Waals surface area contributed by atoms with E-state index in [0.29, 0.717) is 25.0 Å². The van der Waals surface area contributed by atoms with Crippen LogP contribution in [0, 0.1) is 17.7 Å². The monoisotopic (exact) mass is 447 g/mol. The lowest BCUT2D eigenvalue weighted by molar-refractivity contribution is 0.116. The fourth-order valence-corrected chi connectivity index (χ4v) is 5.17. The molecule has 5 heteroatoms. The van der Waals surface area contributed by atoms with E-state index in [4.69, 9.17) is 9.47 Å². The van der Waals surface area contributed by atoms with Gasteiger partial charge in [-0.25, -0.2) is 4.39 Å². The highest BCUT2D eigenvalue weighted by molar-refractivity contribution is 5.29. The Bertz CT molecular complexity index is 1010. The molecule has 1 aliphatic heterocycles. The minimum absolute atomic E-state index is 0.195. The minimum atomic E-state index is -0.515. The Morgan fingerprint density at radius 3 is 2.15 bits per heavy atom. The van der Waals surface area contributed by atoms with Gasteiger partial charge in [0.05, 0.1) is 12.2 Å². The fourth-order valence-electron chi connectivity index (χ4n) is 5.17. The third-order valence-corrected chi connectivity index (χ3v) is 6.84. The Kier molecular flexibility index (Phi) is 6.60. The van der Waals surface area contributed by atoms with Gasteiger partial charge in [0, 0.05) is 19.6 Å². The molecule has 0 spiro atoms. The van der Waals surface area contributed by atoms with Crippen LogP contribution in [0.4, 0.5) is 4.39 Å². The smallest absolute Gasteiger partial charge is 0.123 e. The van der Waals surface area contributed by atoms with Crippen molar-refractivity contribution >= 4 is 0 Å². The number of benzene rings is 3. The molecule has 4 atom stereocenters. The summed E-state index contributed by atoms with van der Waals surface area (Å²) in [7, 11) is 0. The SMILES string of the molecule is OC(CN1C[C@H]2CC(Oc3ccc(F)cc3)C[C@H]2C1)c1ccc(OCc2ccccc2)cc1. The van der Waals surface area contributed by atoms with Crippen molar-refractivity contribution in [3.8, 4) is 11.5 Å². The van der Waals surface area contributed by atoms with Crippen molar-refractivity contribution in [1.82, 2.24) is 4.90 Å². The molecule has 3 aromatic carbocycles. The molecule has 0 radical (unpaired) electrons. The molecule has 2 fully saturated rings. The number of hydrogen-bond donors (Lipinski definition) is 1. The lowest BCUT2D eigenvalue weighted by atomic mass is 10.0. The van der Waals surface area contributed by atoms with E-state index in [-0.39, 0.29) is 11.9 Å². The molecule has 1 saturated carbocycles. The molecule has 2 aliphatic rings. The molecule has 0 aromatic heterocycles. The number of aliphatic hydroxyl groups is 1. The van der Waals surface area contributed by atoms with Crippen LogP contribution in [0.5, 0.6) is 11.5 Å². The largest absolute Gasteiger partial charge is 0.490 e. The molecule has 1 saturated heterocycles. The van der Waals surface area contributed by atoms with Crippen LogP contribution in [0.3, 0.4) is 0 Å². The highest BCUT2D eigenvalue weighted by Crippen LogP contribution is 2.40. The number of nitrogens with zero attached hydrogens (tertiary/aromatic N) is 1. The van der Waals surface area contributed by atoms with E-state index in [0.717, 1.165) is 48.6 Å². The molecular formula is C28H30FNO3. The molecule has 1 N–H and O–H groups in total. The van der Waals surface area contributed by atoms with Crippen LogP contribution in [0.15, 0.2) is 78.9 Å². The van der Waals surface area contributed by atoms with Crippen LogP contribution in [-0.2, 0) is 6.61 Å². The first-order chi connectivity index (χ1) is 16.1. The molecule has 172 valence electrons. The molecule has 4 nitrogen and oxygen atoms in total. The number of fused-ring (bicyclic) bond motifs is 1. The number of rotatable bonds is 8. The predicted molar refractivity (Wildman–Crippen MR) is 126 cm³/mol. The molecule has 0 bridgehead atoms. The van der Waals surface area contributed by atoms with Gasteiger partial charge in [0.1, 0.15) is 23.9 Å². The molecular weight excluding hydrogens is 417 g/mol. The second-order valence-electron chi connectivity index (χ2n) is 9.26. The maximum Gasteiger partial charge on any atom is 0.123 e. The van der Waals surface area contributed by atoms with Crippen molar-refractivity contribution in [3.63, 3.8) is 0 Å². The molecule has 2 unspecified atom stereocenters. The van der Waals surface area contributed by atoms with Gasteiger partial charge in [-0.3, -0.25) is 4.90 Å². The first-order valence-electron chi connectivity index (χ1n) is 11.7. The van der Waals surface area contributed by atoms with Gasteiger partial charge < -0.3 is 14.6 Å². The maximum absolute atomic E-state index is 13.1. The second-order valence-corrected chi connectivity index (χ2v) is 9.26. The average molecular weight is 448 g/mol. The van der Waals surface area contributed by atoms with E-state index < -0.39 is 6.10 Å². The van der Waals surface area contributed by atoms with Crippen LogP contribution >= 0.6 is 0 Å². The van der Waals surface area contributed by atoms with Crippen molar-refractivity contribution in [2.24, 2.45) is 11.8 Å². The Morgan fingerprint density at radius 1 is 0.848 bits per heavy atom. The molecule has 5 rings (SSSR count). The third kappa shape index (κ3) is 5.55. The number of likely N-dealkylation sites (tertiary alicyclic amines) is 1. The van der Waals surface area contributed by atoms with E-state index in [2.05, 4.69) is 4.90 Å². The van der Waals surface area contributed by atoms with Gasteiger partial charge in [0.25, 0.3) is 0 Å². The van der Waals surface area contributed by atoms with Crippen LogP contribution in [0.2, 0.25) is 0 Å². The van der Waals surface area contributed by atoms with Crippen LogP contribution in [0.1, 0.15) is 30.1 Å². The first kappa shape index (κ1) is 21.9. The molecule has 33 heavy (non-hydrogen) atoms. The summed E-state index contributed by atoms with van der Waals surface area (Å²) in [6.07, 6.45) is 1.71. The lowest BCUT2D eigenvalue weighted by Crippen LogP contribution is -2.28. The van der Waals surface area contributed by atoms with E-state index in [1.165, 1.54) is 12.1 Å². The van der Waals surface area contributed by atoms with Gasteiger partial charge in [0.15, 0.2) is 0 Å². The van der Waals surface area contributed by atoms with Gasteiger partial charge in [0.2, 0.25) is 0 Å². The summed E-state index contributed by atoms with van der Waals surface area (Å²) in [4.78, 5) is 2.37. The molecule has 1 aliphatic carbocycles. The Hall–Kier alpha value is -2.89. The molecule has 0 amide bonds. The van der Waals surface area contributed by atoms with Gasteiger partial charge in [-0.2, -0.15) is 0 Å². The van der Waals surface area contributed by atoms with Gasteiger partial charge in [-0.05, 0) is 72.2 Å². The van der Waals surface area contributed by atoms with E-state index in [1.807, 2.05) is 54.6 Å². The number of ether oxygens (including phenoxy) is 2. The third-order valence-electron chi connectivity index (χ3n) is 6.84. The molecule has 3 aromatic rings. The van der Waals surface area contributed by atoms with Gasteiger partial charge in [-0.15, -0.1) is 0 Å². The highest BCUT2D eigenvalue weighted by atomic mass is 19.1. The van der Waals surface area contributed by atoms with E-state index in [1.54, 1.807) is 12.1 Å². The van der Waals surface area contributed by atoms with Crippen molar-refractivity contribution in [2.45, 2.75) is 31.7 Å². The number of halogens is 1. The van der Waals surface area contributed by atoms with Crippen molar-refractivity contribution in [3.05, 3.63) is 95.8 Å². The fraction of sp³-hybridized carbons (Fsp3) is 0.357. The van der Waals surface area contributed by atoms with Crippen molar-refractivity contribution in [2.75, 3.05) is 19.6 Å². The first-order valence-corrected chi connectivity index (χ1v) is 11.7. The van der Waals surface area contributed by atoms with E-state index >= 15 is 0 Å². The van der Waals surface area contributed by atoms with Crippen LogP contribution in [-0.4, -0.2) is 35.7 Å². The lowest BCUT2D eigenvalue weighted by Gasteiger charge is -2.22. The summed E-state index contributed by atoms with van der Waals surface area (Å²) in [6, 6.07) is 24.1. The Balaban J connectivity index is 1.08. The number of aliphatic hydroxyl groups excluding tert-OH is 1. The van der Waals surface area contributed by atoms with Gasteiger partial charge >= 0.3 is 0 Å². The summed E-state index contributed by atoms with van der Waals surface area (Å²) in [6.45, 7) is 3.15. The normalized spacial score (nSPS) is 23.3. The van der Waals surface area contributed by atoms with Crippen molar-refractivity contribution in [1.29, 1.82) is 0 Å². The van der Waals surface area contributed by atoms with Crippen LogP contribution < -0.4 is 9.47 Å². The summed E-state index contributed by atoms with van der Waals surface area (Å²) >= 11 is 0. The quantitative estimate of drug-likeness (QED) is 0.514. The zero-order valence-electron chi connectivity index (χ0n) is 18.6. The van der Waals surface area contributed by atoms with Crippen molar-refractivity contribution < 1.29 is 19.0 Å². The van der Waals surface area contributed by atoms with Crippen LogP contribution in [0.25, 0.3) is 0 Å². The number of hydrogen-bond acceptors (Lipinski definition) is 4. The maximum atomic E-state index is 13.1. The highest BCUT2D eigenvalue weighted by Gasteiger charge is 2.42.